The van der Waals surface area contributed by atoms with Crippen molar-refractivity contribution in [2.45, 2.75) is 25.8 Å². The number of piperidine rings is 1. The third-order valence-corrected chi connectivity index (χ3v) is 4.71. The first-order valence-corrected chi connectivity index (χ1v) is 8.12. The van der Waals surface area contributed by atoms with E-state index in [0.29, 0.717) is 19.7 Å². The predicted molar refractivity (Wildman–Crippen MR) is 82.4 cm³/mol. The molecule has 0 radical (unpaired) electrons. The van der Waals surface area contributed by atoms with E-state index < -0.39 is 0 Å². The molecule has 1 aromatic heterocycles. The maximum absolute atomic E-state index is 12.5. The number of amides is 2. The van der Waals surface area contributed by atoms with Gasteiger partial charge in [0, 0.05) is 26.2 Å². The number of nitrogens with one attached hydrogen (secondary N) is 1. The molecule has 1 aliphatic rings. The summed E-state index contributed by atoms with van der Waals surface area (Å²) >= 11 is 1.44. The van der Waals surface area contributed by atoms with E-state index in [1.807, 2.05) is 29.3 Å². The molecule has 2 rings (SSSR count). The first kappa shape index (κ1) is 16.0. The van der Waals surface area contributed by atoms with Gasteiger partial charge in [-0.2, -0.15) is 0 Å². The zero-order valence-electron chi connectivity index (χ0n) is 12.5. The van der Waals surface area contributed by atoms with Gasteiger partial charge < -0.3 is 15.0 Å². The van der Waals surface area contributed by atoms with E-state index >= 15 is 0 Å². The molecule has 5 nitrogen and oxygen atoms in total. The Bertz CT molecular complexity index is 475. The summed E-state index contributed by atoms with van der Waals surface area (Å²) in [4.78, 5) is 27.2. The van der Waals surface area contributed by atoms with Crippen LogP contribution in [-0.4, -0.2) is 49.6 Å². The average Bonchev–Trinajstić information content (AvgIpc) is 3.01. The van der Waals surface area contributed by atoms with Crippen LogP contribution in [0.4, 0.5) is 0 Å². The van der Waals surface area contributed by atoms with Crippen LogP contribution in [0.2, 0.25) is 0 Å². The van der Waals surface area contributed by atoms with Crippen LogP contribution in [0.25, 0.3) is 0 Å². The maximum atomic E-state index is 12.5. The fraction of sp³-hybridized carbons (Fsp3) is 0.600. The van der Waals surface area contributed by atoms with Crippen LogP contribution in [0.5, 0.6) is 0 Å². The Morgan fingerprint density at radius 1 is 1.48 bits per heavy atom. The molecule has 6 heteroatoms. The minimum atomic E-state index is -0.123. The van der Waals surface area contributed by atoms with Gasteiger partial charge in [-0.05, 0) is 31.2 Å². The molecule has 0 unspecified atom stereocenters. The topological polar surface area (TPSA) is 58.6 Å². The van der Waals surface area contributed by atoms with Crippen molar-refractivity contribution >= 4 is 23.2 Å². The molecular formula is C15H22N2O3S. The summed E-state index contributed by atoms with van der Waals surface area (Å²) in [5.74, 6) is -0.0724. The molecule has 0 aromatic carbocycles. The second-order valence-electron chi connectivity index (χ2n) is 5.34. The number of carbonyl (C=O) groups is 2. The Kier molecular flexibility index (Phi) is 5.76. The molecule has 1 fully saturated rings. The highest BCUT2D eigenvalue weighted by atomic mass is 32.1. The molecule has 1 saturated heterocycles. The lowest BCUT2D eigenvalue weighted by molar-refractivity contribution is -0.126. The van der Waals surface area contributed by atoms with Crippen molar-refractivity contribution < 1.29 is 14.3 Å². The minimum absolute atomic E-state index is 0.0166. The summed E-state index contributed by atoms with van der Waals surface area (Å²) < 4.78 is 4.93. The quantitative estimate of drug-likeness (QED) is 0.843. The van der Waals surface area contributed by atoms with Gasteiger partial charge in [0.05, 0.1) is 17.4 Å². The Morgan fingerprint density at radius 2 is 2.29 bits per heavy atom. The van der Waals surface area contributed by atoms with Crippen LogP contribution in [0.3, 0.4) is 0 Å². The Morgan fingerprint density at radius 3 is 2.95 bits per heavy atom. The number of hydrogen-bond acceptors (Lipinski definition) is 4. The van der Waals surface area contributed by atoms with Gasteiger partial charge >= 0.3 is 0 Å². The van der Waals surface area contributed by atoms with E-state index in [0.717, 1.165) is 17.7 Å². The standard InChI is InChI=1S/C15H22N2O3S/c1-11-5-6-12(14(18)16-7-8-20-2)10-17(11)15(19)13-4-3-9-21-13/h3-4,9,11-12H,5-8,10H2,1-2H3,(H,16,18)/t11-,12-/m0/s1. The SMILES string of the molecule is COCCNC(=O)[C@H]1CC[C@H](C)N(C(=O)c2cccs2)C1. The monoisotopic (exact) mass is 310 g/mol. The number of ether oxygens (including phenoxy) is 1. The molecular weight excluding hydrogens is 288 g/mol. The van der Waals surface area contributed by atoms with Gasteiger partial charge in [0.25, 0.3) is 5.91 Å². The molecule has 0 spiro atoms. The largest absolute Gasteiger partial charge is 0.383 e. The molecule has 0 saturated carbocycles. The van der Waals surface area contributed by atoms with E-state index in [9.17, 15) is 9.59 Å². The fourth-order valence-electron chi connectivity index (χ4n) is 2.57. The Hall–Kier alpha value is -1.40. The zero-order valence-corrected chi connectivity index (χ0v) is 13.3. The third kappa shape index (κ3) is 4.04. The van der Waals surface area contributed by atoms with E-state index in [2.05, 4.69) is 5.32 Å². The number of hydrogen-bond donors (Lipinski definition) is 1. The average molecular weight is 310 g/mol. The van der Waals surface area contributed by atoms with Crippen molar-refractivity contribution in [3.05, 3.63) is 22.4 Å². The van der Waals surface area contributed by atoms with E-state index in [1.54, 1.807) is 7.11 Å². The molecule has 2 heterocycles. The number of methoxy groups -OCH3 is 1. The van der Waals surface area contributed by atoms with Gasteiger partial charge in [-0.15, -0.1) is 11.3 Å². The predicted octanol–water partition coefficient (Wildman–Crippen LogP) is 1.75. The van der Waals surface area contributed by atoms with Crippen LogP contribution >= 0.6 is 11.3 Å². The zero-order chi connectivity index (χ0) is 15.2. The van der Waals surface area contributed by atoms with Crippen molar-refractivity contribution in [2.24, 2.45) is 5.92 Å². The van der Waals surface area contributed by atoms with E-state index in [1.165, 1.54) is 11.3 Å². The molecule has 2 atom stereocenters. The lowest BCUT2D eigenvalue weighted by atomic mass is 9.92. The first-order chi connectivity index (χ1) is 10.1. The molecule has 1 aliphatic heterocycles. The highest BCUT2D eigenvalue weighted by Gasteiger charge is 2.33. The maximum Gasteiger partial charge on any atom is 0.264 e. The van der Waals surface area contributed by atoms with Gasteiger partial charge in [-0.3, -0.25) is 9.59 Å². The summed E-state index contributed by atoms with van der Waals surface area (Å²) in [6.45, 7) is 3.56. The molecule has 1 N–H and O–H groups in total. The number of carbonyl (C=O) groups excluding carboxylic acids is 2. The van der Waals surface area contributed by atoms with E-state index in [-0.39, 0.29) is 23.8 Å². The van der Waals surface area contributed by atoms with Gasteiger partial charge in [0.1, 0.15) is 0 Å². The normalized spacial score (nSPS) is 22.1. The van der Waals surface area contributed by atoms with Gasteiger partial charge in [0.15, 0.2) is 0 Å². The second kappa shape index (κ2) is 7.56. The summed E-state index contributed by atoms with van der Waals surface area (Å²) in [5, 5.41) is 4.76. The van der Waals surface area contributed by atoms with Crippen molar-refractivity contribution in [2.75, 3.05) is 26.8 Å². The van der Waals surface area contributed by atoms with Crippen molar-refractivity contribution in [3.63, 3.8) is 0 Å². The van der Waals surface area contributed by atoms with Crippen LogP contribution in [-0.2, 0) is 9.53 Å². The Balaban J connectivity index is 1.96. The third-order valence-electron chi connectivity index (χ3n) is 3.85. The van der Waals surface area contributed by atoms with Crippen LogP contribution in [0.15, 0.2) is 17.5 Å². The number of rotatable bonds is 5. The van der Waals surface area contributed by atoms with Crippen molar-refractivity contribution in [1.29, 1.82) is 0 Å². The highest BCUT2D eigenvalue weighted by molar-refractivity contribution is 7.12. The van der Waals surface area contributed by atoms with Crippen LogP contribution < -0.4 is 5.32 Å². The molecule has 116 valence electrons. The smallest absolute Gasteiger partial charge is 0.264 e. The van der Waals surface area contributed by atoms with Crippen LogP contribution in [0.1, 0.15) is 29.4 Å². The Labute approximate surface area is 129 Å². The van der Waals surface area contributed by atoms with E-state index in [4.69, 9.17) is 4.74 Å². The molecule has 1 aromatic rings. The first-order valence-electron chi connectivity index (χ1n) is 7.24. The lowest BCUT2D eigenvalue weighted by Crippen LogP contribution is -2.49. The second-order valence-corrected chi connectivity index (χ2v) is 6.29. The van der Waals surface area contributed by atoms with Gasteiger partial charge in [0.2, 0.25) is 5.91 Å². The number of nitrogens with zero attached hydrogens (tertiary/aromatic N) is 1. The number of thiophene rings is 1. The van der Waals surface area contributed by atoms with Crippen molar-refractivity contribution in [1.82, 2.24) is 10.2 Å². The molecule has 21 heavy (non-hydrogen) atoms. The molecule has 2 amide bonds. The molecule has 0 aliphatic carbocycles. The molecule has 0 bridgehead atoms. The fourth-order valence-corrected chi connectivity index (χ4v) is 3.25. The summed E-state index contributed by atoms with van der Waals surface area (Å²) in [7, 11) is 1.61. The number of likely N-dealkylation sites (tertiary alicyclic amines) is 1. The van der Waals surface area contributed by atoms with Gasteiger partial charge in [-0.1, -0.05) is 6.07 Å². The van der Waals surface area contributed by atoms with Gasteiger partial charge in [-0.25, -0.2) is 0 Å². The summed E-state index contributed by atoms with van der Waals surface area (Å²) in [6, 6.07) is 3.89. The van der Waals surface area contributed by atoms with Crippen LogP contribution in [0, 0.1) is 5.92 Å². The highest BCUT2D eigenvalue weighted by Crippen LogP contribution is 2.25. The lowest BCUT2D eigenvalue weighted by Gasteiger charge is -2.37. The summed E-state index contributed by atoms with van der Waals surface area (Å²) in [6.07, 6.45) is 1.69. The minimum Gasteiger partial charge on any atom is -0.383 e. The summed E-state index contributed by atoms with van der Waals surface area (Å²) in [5.41, 5.74) is 0. The van der Waals surface area contributed by atoms with Crippen molar-refractivity contribution in [3.8, 4) is 0 Å².